The molecule has 160 valence electrons. The molecule has 0 saturated carbocycles. The first-order chi connectivity index (χ1) is 14.6. The predicted octanol–water partition coefficient (Wildman–Crippen LogP) is 4.85. The molecule has 0 bridgehead atoms. The van der Waals surface area contributed by atoms with E-state index >= 15 is 0 Å². The highest BCUT2D eigenvalue weighted by Gasteiger charge is 2.31. The van der Waals surface area contributed by atoms with E-state index in [1.165, 1.54) is 48.5 Å². The van der Waals surface area contributed by atoms with Crippen molar-refractivity contribution in [2.75, 3.05) is 5.32 Å². The normalized spacial score (nSPS) is 12.1. The Kier molecular flexibility index (Phi) is 6.24. The van der Waals surface area contributed by atoms with Crippen LogP contribution in [-0.2, 0) is 6.18 Å². The topological polar surface area (TPSA) is 84.2 Å². The minimum absolute atomic E-state index is 0.182. The Morgan fingerprint density at radius 2 is 1.52 bits per heavy atom. The molecule has 0 spiro atoms. The second-order valence-corrected chi connectivity index (χ2v) is 6.65. The average molecular weight is 431 g/mol. The molecular weight excluding hydrogens is 414 g/mol. The summed E-state index contributed by atoms with van der Waals surface area (Å²) >= 11 is 0. The van der Waals surface area contributed by atoms with Crippen LogP contribution in [0.15, 0.2) is 72.8 Å². The summed E-state index contributed by atoms with van der Waals surface area (Å²) in [6.07, 6.45) is -4.56. The average Bonchev–Trinajstić information content (AvgIpc) is 2.72. The highest BCUT2D eigenvalue weighted by molar-refractivity contribution is 5.95. The molecule has 9 heteroatoms. The van der Waals surface area contributed by atoms with Crippen LogP contribution in [0.5, 0.6) is 0 Å². The first kappa shape index (κ1) is 21.8. The minimum Gasteiger partial charge on any atom is -0.351 e. The van der Waals surface area contributed by atoms with Crippen LogP contribution in [-0.4, -0.2) is 11.9 Å². The number of anilines is 1. The molecular formula is C22H17F4N3O2. The SMILES string of the molecule is NC(=O)Nc1ccc(C(=O)NC(c2ccc(F)cc2)c2cccc(C(F)(F)F)c2)cc1. The smallest absolute Gasteiger partial charge is 0.351 e. The number of nitrogens with one attached hydrogen (secondary N) is 2. The van der Waals surface area contributed by atoms with Crippen LogP contribution in [0.3, 0.4) is 0 Å². The summed E-state index contributed by atoms with van der Waals surface area (Å²) in [6.45, 7) is 0. The van der Waals surface area contributed by atoms with Gasteiger partial charge in [-0.3, -0.25) is 4.79 Å². The second-order valence-electron chi connectivity index (χ2n) is 6.65. The van der Waals surface area contributed by atoms with E-state index in [1.807, 2.05) is 0 Å². The summed E-state index contributed by atoms with van der Waals surface area (Å²) in [6, 6.07) is 13.7. The van der Waals surface area contributed by atoms with E-state index in [9.17, 15) is 27.2 Å². The number of rotatable bonds is 5. The van der Waals surface area contributed by atoms with Crippen molar-refractivity contribution < 1.29 is 27.2 Å². The Labute approximate surface area is 174 Å². The summed E-state index contributed by atoms with van der Waals surface area (Å²) in [5.74, 6) is -1.09. The molecule has 3 aromatic carbocycles. The van der Waals surface area contributed by atoms with Gasteiger partial charge in [-0.1, -0.05) is 24.3 Å². The van der Waals surface area contributed by atoms with Crippen molar-refractivity contribution >= 4 is 17.6 Å². The van der Waals surface area contributed by atoms with Gasteiger partial charge in [0.05, 0.1) is 11.6 Å². The maximum Gasteiger partial charge on any atom is 0.416 e. The van der Waals surface area contributed by atoms with Gasteiger partial charge in [0.2, 0.25) is 0 Å². The summed E-state index contributed by atoms with van der Waals surface area (Å²) in [7, 11) is 0. The third-order valence-electron chi connectivity index (χ3n) is 4.44. The number of primary amides is 1. The molecule has 0 aliphatic heterocycles. The largest absolute Gasteiger partial charge is 0.416 e. The third-order valence-corrected chi connectivity index (χ3v) is 4.44. The minimum atomic E-state index is -4.56. The Bertz CT molecular complexity index is 1080. The van der Waals surface area contributed by atoms with Crippen molar-refractivity contribution in [1.29, 1.82) is 0 Å². The lowest BCUT2D eigenvalue weighted by molar-refractivity contribution is -0.137. The highest BCUT2D eigenvalue weighted by atomic mass is 19.4. The molecule has 3 aromatic rings. The molecule has 0 aliphatic rings. The van der Waals surface area contributed by atoms with Gasteiger partial charge in [0, 0.05) is 11.3 Å². The highest BCUT2D eigenvalue weighted by Crippen LogP contribution is 2.32. The van der Waals surface area contributed by atoms with Crippen molar-refractivity contribution in [3.8, 4) is 0 Å². The first-order valence-electron chi connectivity index (χ1n) is 9.03. The number of carbonyl (C=O) groups excluding carboxylic acids is 2. The van der Waals surface area contributed by atoms with E-state index in [-0.39, 0.29) is 11.1 Å². The predicted molar refractivity (Wildman–Crippen MR) is 107 cm³/mol. The summed E-state index contributed by atoms with van der Waals surface area (Å²) in [4.78, 5) is 23.7. The molecule has 5 nitrogen and oxygen atoms in total. The van der Waals surface area contributed by atoms with E-state index in [0.29, 0.717) is 11.3 Å². The molecule has 1 unspecified atom stereocenters. The zero-order chi connectivity index (χ0) is 22.6. The molecule has 31 heavy (non-hydrogen) atoms. The number of halogens is 4. The molecule has 0 fully saturated rings. The van der Waals surface area contributed by atoms with Crippen LogP contribution in [0.1, 0.15) is 33.1 Å². The van der Waals surface area contributed by atoms with Crippen molar-refractivity contribution in [2.24, 2.45) is 5.73 Å². The molecule has 0 aliphatic carbocycles. The Morgan fingerprint density at radius 1 is 0.871 bits per heavy atom. The van der Waals surface area contributed by atoms with Crippen molar-refractivity contribution in [2.45, 2.75) is 12.2 Å². The van der Waals surface area contributed by atoms with Gasteiger partial charge < -0.3 is 16.4 Å². The van der Waals surface area contributed by atoms with E-state index in [4.69, 9.17) is 5.73 Å². The number of alkyl halides is 3. The number of amides is 3. The number of carbonyl (C=O) groups is 2. The zero-order valence-electron chi connectivity index (χ0n) is 15.9. The number of nitrogens with two attached hydrogens (primary N) is 1. The quantitative estimate of drug-likeness (QED) is 0.505. The van der Waals surface area contributed by atoms with Gasteiger partial charge in [-0.25, -0.2) is 9.18 Å². The van der Waals surface area contributed by atoms with Crippen LogP contribution in [0, 0.1) is 5.82 Å². The zero-order valence-corrected chi connectivity index (χ0v) is 15.9. The lowest BCUT2D eigenvalue weighted by atomic mass is 9.96. The monoisotopic (exact) mass is 431 g/mol. The fraction of sp³-hybridized carbons (Fsp3) is 0.0909. The van der Waals surface area contributed by atoms with E-state index in [0.717, 1.165) is 24.3 Å². The van der Waals surface area contributed by atoms with Crippen LogP contribution in [0.4, 0.5) is 28.0 Å². The molecule has 4 N–H and O–H groups in total. The van der Waals surface area contributed by atoms with Gasteiger partial charge in [0.25, 0.3) is 5.91 Å². The van der Waals surface area contributed by atoms with E-state index in [1.54, 1.807) is 0 Å². The van der Waals surface area contributed by atoms with E-state index in [2.05, 4.69) is 10.6 Å². The lowest BCUT2D eigenvalue weighted by Crippen LogP contribution is -2.29. The van der Waals surface area contributed by atoms with Gasteiger partial charge in [-0.15, -0.1) is 0 Å². The maximum atomic E-state index is 13.4. The van der Waals surface area contributed by atoms with Crippen molar-refractivity contribution in [3.05, 3.63) is 101 Å². The van der Waals surface area contributed by atoms with Gasteiger partial charge >= 0.3 is 12.2 Å². The molecule has 0 aromatic heterocycles. The number of benzene rings is 3. The molecule has 1 atom stereocenters. The number of hydrogen-bond acceptors (Lipinski definition) is 2. The van der Waals surface area contributed by atoms with Gasteiger partial charge in [0.15, 0.2) is 0 Å². The maximum absolute atomic E-state index is 13.4. The van der Waals surface area contributed by atoms with Crippen LogP contribution >= 0.6 is 0 Å². The first-order valence-corrected chi connectivity index (χ1v) is 9.03. The summed E-state index contributed by atoms with van der Waals surface area (Å²) in [5.41, 5.74) is 5.33. The van der Waals surface area contributed by atoms with Gasteiger partial charge in [-0.2, -0.15) is 13.2 Å². The molecule has 3 rings (SSSR count). The summed E-state index contributed by atoms with van der Waals surface area (Å²) < 4.78 is 52.9. The lowest BCUT2D eigenvalue weighted by Gasteiger charge is -2.21. The molecule has 3 amide bonds. The van der Waals surface area contributed by atoms with E-state index < -0.39 is 35.5 Å². The Balaban J connectivity index is 1.93. The molecule has 0 heterocycles. The second kappa shape index (κ2) is 8.86. The third kappa shape index (κ3) is 5.59. The Morgan fingerprint density at radius 3 is 2.10 bits per heavy atom. The van der Waals surface area contributed by atoms with Crippen LogP contribution in [0.2, 0.25) is 0 Å². The van der Waals surface area contributed by atoms with Crippen LogP contribution in [0.25, 0.3) is 0 Å². The summed E-state index contributed by atoms with van der Waals surface area (Å²) in [5, 5.41) is 5.04. The van der Waals surface area contributed by atoms with Crippen molar-refractivity contribution in [1.82, 2.24) is 5.32 Å². The van der Waals surface area contributed by atoms with Gasteiger partial charge in [-0.05, 0) is 59.7 Å². The van der Waals surface area contributed by atoms with Crippen molar-refractivity contribution in [3.63, 3.8) is 0 Å². The molecule has 0 saturated heterocycles. The Hall–Kier alpha value is -3.88. The van der Waals surface area contributed by atoms with Crippen LogP contribution < -0.4 is 16.4 Å². The number of urea groups is 1. The van der Waals surface area contributed by atoms with Gasteiger partial charge in [0.1, 0.15) is 5.82 Å². The fourth-order valence-corrected chi connectivity index (χ4v) is 2.97. The standard InChI is InChI=1S/C22H17F4N3O2/c23-17-8-4-13(5-9-17)19(15-2-1-3-16(12-15)22(24,25)26)29-20(30)14-6-10-18(11-7-14)28-21(27)31/h1-12,19H,(H,29,30)(H3,27,28,31). The molecule has 0 radical (unpaired) electrons. The number of hydrogen-bond donors (Lipinski definition) is 3. The fourth-order valence-electron chi connectivity index (χ4n) is 2.97.